The Morgan fingerprint density at radius 2 is 1.92 bits per heavy atom. The topological polar surface area (TPSA) is 84.7 Å². The molecule has 0 atom stereocenters. The summed E-state index contributed by atoms with van der Waals surface area (Å²) < 4.78 is 1.87. The number of imidazole rings is 1. The van der Waals surface area contributed by atoms with E-state index >= 15 is 0 Å². The highest BCUT2D eigenvalue weighted by Crippen LogP contribution is 2.27. The van der Waals surface area contributed by atoms with Crippen molar-refractivity contribution < 1.29 is 4.79 Å². The molecule has 0 saturated heterocycles. The fourth-order valence-electron chi connectivity index (χ4n) is 2.52. The van der Waals surface area contributed by atoms with Crippen molar-refractivity contribution in [3.05, 3.63) is 52.7 Å². The van der Waals surface area contributed by atoms with Gasteiger partial charge < -0.3 is 10.6 Å². The molecule has 3 heterocycles. The summed E-state index contributed by atoms with van der Waals surface area (Å²) >= 11 is 7.71. The summed E-state index contributed by atoms with van der Waals surface area (Å²) in [6.07, 6.45) is 1.70. The molecule has 1 aromatic carbocycles. The fourth-order valence-corrected chi connectivity index (χ4v) is 3.31. The molecule has 0 aliphatic carbocycles. The average molecular weight is 385 g/mol. The molecule has 0 unspecified atom stereocenters. The van der Waals surface area contributed by atoms with Crippen molar-refractivity contribution in [2.24, 2.45) is 0 Å². The maximum atomic E-state index is 11.1. The molecule has 0 saturated carbocycles. The van der Waals surface area contributed by atoms with Crippen LogP contribution in [-0.2, 0) is 4.79 Å². The van der Waals surface area contributed by atoms with Gasteiger partial charge in [-0.05, 0) is 47.3 Å². The molecular weight excluding hydrogens is 372 g/mol. The van der Waals surface area contributed by atoms with Gasteiger partial charge in [-0.15, -0.1) is 0 Å². The summed E-state index contributed by atoms with van der Waals surface area (Å²) in [7, 11) is 0. The van der Waals surface area contributed by atoms with Gasteiger partial charge in [0, 0.05) is 23.7 Å². The lowest BCUT2D eigenvalue weighted by Gasteiger charge is -2.08. The van der Waals surface area contributed by atoms with Gasteiger partial charge in [-0.25, -0.2) is 4.98 Å². The van der Waals surface area contributed by atoms with Crippen LogP contribution in [0, 0.1) is 0 Å². The highest BCUT2D eigenvalue weighted by molar-refractivity contribution is 7.08. The molecule has 1 amide bonds. The number of nitrogens with one attached hydrogen (secondary N) is 2. The molecule has 4 rings (SSSR count). The Balaban J connectivity index is 1.69. The number of anilines is 3. The van der Waals surface area contributed by atoms with E-state index < -0.39 is 0 Å². The zero-order valence-corrected chi connectivity index (χ0v) is 15.2. The minimum atomic E-state index is -0.117. The highest BCUT2D eigenvalue weighted by Gasteiger charge is 2.14. The number of thiophene rings is 1. The van der Waals surface area contributed by atoms with Crippen molar-refractivity contribution in [2.45, 2.75) is 6.92 Å². The molecule has 130 valence electrons. The molecule has 0 bridgehead atoms. The zero-order chi connectivity index (χ0) is 18.1. The minimum absolute atomic E-state index is 0.117. The third-order valence-corrected chi connectivity index (χ3v) is 4.46. The number of aromatic nitrogens is 4. The zero-order valence-electron chi connectivity index (χ0n) is 13.6. The number of hydrogen-bond donors (Lipinski definition) is 2. The Kier molecular flexibility index (Phi) is 4.27. The van der Waals surface area contributed by atoms with Crippen LogP contribution in [0.5, 0.6) is 0 Å². The number of rotatable bonds is 4. The van der Waals surface area contributed by atoms with Crippen LogP contribution >= 0.6 is 22.9 Å². The van der Waals surface area contributed by atoms with Crippen LogP contribution in [0.3, 0.4) is 0 Å². The van der Waals surface area contributed by atoms with Gasteiger partial charge in [0.25, 0.3) is 0 Å². The molecule has 4 aromatic rings. The van der Waals surface area contributed by atoms with Gasteiger partial charge >= 0.3 is 0 Å². The molecule has 0 aliphatic heterocycles. The van der Waals surface area contributed by atoms with Crippen LogP contribution in [0.2, 0.25) is 5.28 Å². The largest absolute Gasteiger partial charge is 0.338 e. The van der Waals surface area contributed by atoms with Crippen LogP contribution in [0.1, 0.15) is 6.92 Å². The Morgan fingerprint density at radius 3 is 2.62 bits per heavy atom. The molecule has 3 aromatic heterocycles. The van der Waals surface area contributed by atoms with Gasteiger partial charge in [0.15, 0.2) is 17.0 Å². The molecule has 0 aliphatic rings. The fraction of sp³-hybridized carbons (Fsp3) is 0.0588. The number of amides is 1. The van der Waals surface area contributed by atoms with Crippen molar-refractivity contribution in [2.75, 3.05) is 10.6 Å². The predicted octanol–water partition coefficient (Wildman–Crippen LogP) is 4.23. The first-order valence-corrected chi connectivity index (χ1v) is 9.00. The lowest BCUT2D eigenvalue weighted by Crippen LogP contribution is -2.05. The summed E-state index contributed by atoms with van der Waals surface area (Å²) in [5.41, 5.74) is 3.72. The normalized spacial score (nSPS) is 10.8. The lowest BCUT2D eigenvalue weighted by atomic mass is 10.2. The van der Waals surface area contributed by atoms with Gasteiger partial charge in [-0.3, -0.25) is 9.36 Å². The third kappa shape index (κ3) is 3.24. The Hall–Kier alpha value is -2.97. The number of benzene rings is 1. The van der Waals surface area contributed by atoms with Gasteiger partial charge in [-0.1, -0.05) is 0 Å². The van der Waals surface area contributed by atoms with Crippen molar-refractivity contribution in [1.82, 2.24) is 19.5 Å². The van der Waals surface area contributed by atoms with Gasteiger partial charge in [0.2, 0.25) is 11.2 Å². The van der Waals surface area contributed by atoms with Crippen molar-refractivity contribution in [3.63, 3.8) is 0 Å². The standard InChI is InChI=1S/C17H13ClN6OS/c1-10(25)20-11-2-4-12(5-3-11)21-15-14-16(23-17(18)22-15)24(9-19-14)13-6-7-26-8-13/h2-9H,1H3,(H,20,25)(H,21,22,23). The number of halogens is 1. The third-order valence-electron chi connectivity index (χ3n) is 3.62. The van der Waals surface area contributed by atoms with E-state index in [-0.39, 0.29) is 11.2 Å². The Labute approximate surface area is 157 Å². The molecule has 0 fully saturated rings. The summed E-state index contributed by atoms with van der Waals surface area (Å²) in [6, 6.07) is 9.25. The van der Waals surface area contributed by atoms with Crippen molar-refractivity contribution >= 4 is 57.2 Å². The molecule has 9 heteroatoms. The van der Waals surface area contributed by atoms with E-state index in [4.69, 9.17) is 11.6 Å². The lowest BCUT2D eigenvalue weighted by molar-refractivity contribution is -0.114. The van der Waals surface area contributed by atoms with E-state index in [1.165, 1.54) is 6.92 Å². The highest BCUT2D eigenvalue weighted by atomic mass is 35.5. The molecule has 26 heavy (non-hydrogen) atoms. The molecular formula is C17H13ClN6OS. The molecule has 0 spiro atoms. The second-order valence-corrected chi connectivity index (χ2v) is 6.61. The predicted molar refractivity (Wildman–Crippen MR) is 104 cm³/mol. The quantitative estimate of drug-likeness (QED) is 0.514. The average Bonchev–Trinajstić information content (AvgIpc) is 3.25. The van der Waals surface area contributed by atoms with E-state index in [1.807, 2.05) is 33.5 Å². The van der Waals surface area contributed by atoms with Crippen LogP contribution in [0.4, 0.5) is 17.2 Å². The first-order valence-electron chi connectivity index (χ1n) is 7.68. The van der Waals surface area contributed by atoms with Crippen LogP contribution in [0.25, 0.3) is 16.9 Å². The number of hydrogen-bond acceptors (Lipinski definition) is 6. The minimum Gasteiger partial charge on any atom is -0.338 e. The van der Waals surface area contributed by atoms with Gasteiger partial charge in [-0.2, -0.15) is 21.3 Å². The van der Waals surface area contributed by atoms with E-state index in [0.717, 1.165) is 17.1 Å². The second-order valence-electron chi connectivity index (χ2n) is 5.49. The SMILES string of the molecule is CC(=O)Nc1ccc(Nc2nc(Cl)nc3c2ncn3-c2ccsc2)cc1. The second kappa shape index (κ2) is 6.74. The Morgan fingerprint density at radius 1 is 1.15 bits per heavy atom. The number of nitrogens with zero attached hydrogens (tertiary/aromatic N) is 4. The first kappa shape index (κ1) is 16.5. The molecule has 0 radical (unpaired) electrons. The Bertz CT molecular complexity index is 1070. The summed E-state index contributed by atoms with van der Waals surface area (Å²) in [6.45, 7) is 1.47. The van der Waals surface area contributed by atoms with E-state index in [9.17, 15) is 4.79 Å². The molecule has 7 nitrogen and oxygen atoms in total. The maximum Gasteiger partial charge on any atom is 0.226 e. The summed E-state index contributed by atoms with van der Waals surface area (Å²) in [5, 5.41) is 10.1. The maximum absolute atomic E-state index is 11.1. The van der Waals surface area contributed by atoms with E-state index in [2.05, 4.69) is 25.6 Å². The number of carbonyl (C=O) groups is 1. The number of carbonyl (C=O) groups excluding carboxylic acids is 1. The van der Waals surface area contributed by atoms with Crippen LogP contribution in [-0.4, -0.2) is 25.4 Å². The summed E-state index contributed by atoms with van der Waals surface area (Å²) in [4.78, 5) is 24.1. The van der Waals surface area contributed by atoms with Crippen LogP contribution in [0.15, 0.2) is 47.4 Å². The first-order chi connectivity index (χ1) is 12.6. The smallest absolute Gasteiger partial charge is 0.226 e. The monoisotopic (exact) mass is 384 g/mol. The molecule has 2 N–H and O–H groups in total. The van der Waals surface area contributed by atoms with Crippen molar-refractivity contribution in [3.8, 4) is 5.69 Å². The summed E-state index contributed by atoms with van der Waals surface area (Å²) in [5.74, 6) is 0.398. The number of fused-ring (bicyclic) bond motifs is 1. The van der Waals surface area contributed by atoms with Gasteiger partial charge in [0.05, 0.1) is 5.69 Å². The van der Waals surface area contributed by atoms with Crippen molar-refractivity contribution in [1.29, 1.82) is 0 Å². The van der Waals surface area contributed by atoms with Crippen LogP contribution < -0.4 is 10.6 Å². The van der Waals surface area contributed by atoms with E-state index in [1.54, 1.807) is 29.8 Å². The van der Waals surface area contributed by atoms with E-state index in [0.29, 0.717) is 17.0 Å². The van der Waals surface area contributed by atoms with Gasteiger partial charge in [0.1, 0.15) is 6.33 Å².